The number of hydrogen-bond acceptors (Lipinski definition) is 3. The predicted molar refractivity (Wildman–Crippen MR) is 72.7 cm³/mol. The summed E-state index contributed by atoms with van der Waals surface area (Å²) in [5, 5.41) is 4.04. The van der Waals surface area contributed by atoms with Crippen molar-refractivity contribution in [3.8, 4) is 0 Å². The van der Waals surface area contributed by atoms with Gasteiger partial charge in [-0.2, -0.15) is 0 Å². The number of imide groups is 1. The maximum absolute atomic E-state index is 12.1. The number of nitrogens with two attached hydrogens (primary N) is 2. The van der Waals surface area contributed by atoms with E-state index >= 15 is 0 Å². The highest BCUT2D eigenvalue weighted by molar-refractivity contribution is 5.96. The first kappa shape index (κ1) is 14.5. The van der Waals surface area contributed by atoms with E-state index in [1.807, 2.05) is 35.6 Å². The molecule has 20 heavy (non-hydrogen) atoms. The summed E-state index contributed by atoms with van der Waals surface area (Å²) in [6.07, 6.45) is 2.24. The van der Waals surface area contributed by atoms with Crippen LogP contribution >= 0.6 is 0 Å². The summed E-state index contributed by atoms with van der Waals surface area (Å²) in [6, 6.07) is 8.00. The lowest BCUT2D eigenvalue weighted by molar-refractivity contribution is -0.688. The van der Waals surface area contributed by atoms with Crippen molar-refractivity contribution in [3.05, 3.63) is 35.9 Å². The van der Waals surface area contributed by atoms with Crippen LogP contribution in [0.5, 0.6) is 0 Å². The number of hydrogen-bond donors (Lipinski definition) is 3. The second-order valence-corrected chi connectivity index (χ2v) is 4.85. The first-order valence-electron chi connectivity index (χ1n) is 6.77. The number of amides is 3. The second-order valence-electron chi connectivity index (χ2n) is 4.85. The fourth-order valence-electron chi connectivity index (χ4n) is 2.37. The topological polar surface area (TPSA) is 98.0 Å². The molecule has 1 aliphatic rings. The number of carbonyl (C=O) groups is 2. The first-order chi connectivity index (χ1) is 9.66. The zero-order valence-corrected chi connectivity index (χ0v) is 11.2. The molecule has 5 N–H and O–H groups in total. The highest BCUT2D eigenvalue weighted by Crippen LogP contribution is 2.11. The van der Waals surface area contributed by atoms with Gasteiger partial charge in [-0.05, 0) is 12.8 Å². The average molecular weight is 278 g/mol. The maximum Gasteiger partial charge on any atom is 0.319 e. The Labute approximate surface area is 117 Å². The highest BCUT2D eigenvalue weighted by atomic mass is 16.5. The first-order valence-corrected chi connectivity index (χ1v) is 6.77. The summed E-state index contributed by atoms with van der Waals surface area (Å²) >= 11 is 0. The zero-order chi connectivity index (χ0) is 14.4. The molecule has 1 aromatic carbocycles. The SMILES string of the molecule is NC(=O)NC(=O)[C@@H]([NH2+]C[C@@H]1CCCO1)c1ccccc1. The van der Waals surface area contributed by atoms with E-state index in [4.69, 9.17) is 10.5 Å². The van der Waals surface area contributed by atoms with Crippen LogP contribution in [0.15, 0.2) is 30.3 Å². The summed E-state index contributed by atoms with van der Waals surface area (Å²) in [5.74, 6) is -0.401. The van der Waals surface area contributed by atoms with Gasteiger partial charge >= 0.3 is 6.03 Å². The van der Waals surface area contributed by atoms with Crippen LogP contribution in [0.4, 0.5) is 4.79 Å². The number of quaternary nitrogens is 1. The third kappa shape index (κ3) is 4.04. The van der Waals surface area contributed by atoms with E-state index in [2.05, 4.69) is 5.32 Å². The monoisotopic (exact) mass is 278 g/mol. The molecular weight excluding hydrogens is 258 g/mol. The molecule has 0 aromatic heterocycles. The quantitative estimate of drug-likeness (QED) is 0.687. The van der Waals surface area contributed by atoms with Crippen LogP contribution in [0.25, 0.3) is 0 Å². The molecule has 2 atom stereocenters. The molecule has 0 aliphatic carbocycles. The molecule has 0 bridgehead atoms. The molecule has 0 radical (unpaired) electrons. The van der Waals surface area contributed by atoms with Gasteiger partial charge in [0.2, 0.25) is 0 Å². The van der Waals surface area contributed by atoms with Gasteiger partial charge in [-0.1, -0.05) is 30.3 Å². The van der Waals surface area contributed by atoms with E-state index in [0.29, 0.717) is 6.54 Å². The Morgan fingerprint density at radius 3 is 2.75 bits per heavy atom. The van der Waals surface area contributed by atoms with E-state index in [9.17, 15) is 9.59 Å². The number of nitrogens with one attached hydrogen (secondary N) is 1. The molecule has 0 unspecified atom stereocenters. The van der Waals surface area contributed by atoms with Crippen LogP contribution in [0, 0.1) is 0 Å². The van der Waals surface area contributed by atoms with Gasteiger partial charge < -0.3 is 15.8 Å². The smallest absolute Gasteiger partial charge is 0.319 e. The van der Waals surface area contributed by atoms with Crippen molar-refractivity contribution in [2.75, 3.05) is 13.2 Å². The van der Waals surface area contributed by atoms with Gasteiger partial charge in [0.1, 0.15) is 12.6 Å². The number of carbonyl (C=O) groups excluding carboxylic acids is 2. The fraction of sp³-hybridized carbons (Fsp3) is 0.429. The summed E-state index contributed by atoms with van der Waals surface area (Å²) in [4.78, 5) is 22.9. The predicted octanol–water partition coefficient (Wildman–Crippen LogP) is -0.335. The van der Waals surface area contributed by atoms with Gasteiger partial charge in [0.15, 0.2) is 6.04 Å². The van der Waals surface area contributed by atoms with E-state index in [0.717, 1.165) is 25.0 Å². The van der Waals surface area contributed by atoms with Crippen LogP contribution in [-0.2, 0) is 9.53 Å². The van der Waals surface area contributed by atoms with E-state index < -0.39 is 18.0 Å². The van der Waals surface area contributed by atoms with Gasteiger partial charge in [-0.25, -0.2) is 4.79 Å². The Bertz CT molecular complexity index is 458. The molecule has 6 heteroatoms. The van der Waals surface area contributed by atoms with Crippen molar-refractivity contribution < 1.29 is 19.6 Å². The van der Waals surface area contributed by atoms with Crippen LogP contribution in [0.1, 0.15) is 24.4 Å². The van der Waals surface area contributed by atoms with Crippen LogP contribution in [-0.4, -0.2) is 31.2 Å². The van der Waals surface area contributed by atoms with Crippen LogP contribution in [0.3, 0.4) is 0 Å². The van der Waals surface area contributed by atoms with Crippen molar-refractivity contribution in [3.63, 3.8) is 0 Å². The Kier molecular flexibility index (Phi) is 5.09. The van der Waals surface area contributed by atoms with Gasteiger partial charge in [0.25, 0.3) is 5.91 Å². The lowest BCUT2D eigenvalue weighted by Crippen LogP contribution is -2.89. The normalized spacial score (nSPS) is 19.5. The Morgan fingerprint density at radius 2 is 2.15 bits per heavy atom. The highest BCUT2D eigenvalue weighted by Gasteiger charge is 2.27. The third-order valence-corrected chi connectivity index (χ3v) is 3.35. The molecule has 6 nitrogen and oxygen atoms in total. The number of primary amides is 1. The summed E-state index contributed by atoms with van der Waals surface area (Å²) in [6.45, 7) is 1.47. The molecule has 0 spiro atoms. The van der Waals surface area contributed by atoms with E-state index in [1.165, 1.54) is 0 Å². The van der Waals surface area contributed by atoms with Crippen molar-refractivity contribution in [1.82, 2.24) is 5.32 Å². The minimum absolute atomic E-state index is 0.169. The average Bonchev–Trinajstić information content (AvgIpc) is 2.92. The molecule has 3 amide bonds. The van der Waals surface area contributed by atoms with Crippen molar-refractivity contribution in [2.45, 2.75) is 25.0 Å². The Hall–Kier alpha value is -1.92. The number of rotatable bonds is 5. The number of urea groups is 1. The largest absolute Gasteiger partial charge is 0.372 e. The standard InChI is InChI=1S/C14H19N3O3/c15-14(19)17-13(18)12(10-5-2-1-3-6-10)16-9-11-7-4-8-20-11/h1-3,5-6,11-12,16H,4,7-9H2,(H3,15,17,18,19)/p+1/t11-,12-/m0/s1. The Morgan fingerprint density at radius 1 is 1.40 bits per heavy atom. The molecule has 1 heterocycles. The number of benzene rings is 1. The molecule has 1 saturated heterocycles. The zero-order valence-electron chi connectivity index (χ0n) is 11.2. The minimum atomic E-state index is -0.832. The fourth-order valence-corrected chi connectivity index (χ4v) is 2.37. The molecule has 108 valence electrons. The van der Waals surface area contributed by atoms with Crippen molar-refractivity contribution in [1.29, 1.82) is 0 Å². The molecule has 2 rings (SSSR count). The Balaban J connectivity index is 2.03. The maximum atomic E-state index is 12.1. The van der Waals surface area contributed by atoms with Crippen molar-refractivity contribution in [2.24, 2.45) is 5.73 Å². The molecule has 1 aromatic rings. The summed E-state index contributed by atoms with van der Waals surface area (Å²) in [7, 11) is 0. The van der Waals surface area contributed by atoms with Gasteiger partial charge in [-0.15, -0.1) is 0 Å². The third-order valence-electron chi connectivity index (χ3n) is 3.35. The van der Waals surface area contributed by atoms with Crippen molar-refractivity contribution >= 4 is 11.9 Å². The van der Waals surface area contributed by atoms with Gasteiger partial charge in [0, 0.05) is 12.2 Å². The molecule has 1 aliphatic heterocycles. The van der Waals surface area contributed by atoms with Gasteiger partial charge in [0.05, 0.1) is 0 Å². The molecule has 0 saturated carbocycles. The summed E-state index contributed by atoms with van der Waals surface area (Å²) < 4.78 is 5.55. The van der Waals surface area contributed by atoms with Gasteiger partial charge in [-0.3, -0.25) is 10.1 Å². The summed E-state index contributed by atoms with van der Waals surface area (Å²) in [5.41, 5.74) is 5.86. The second kappa shape index (κ2) is 7.02. The van der Waals surface area contributed by atoms with Crippen LogP contribution < -0.4 is 16.4 Å². The van der Waals surface area contributed by atoms with E-state index in [1.54, 1.807) is 0 Å². The lowest BCUT2D eigenvalue weighted by Gasteiger charge is -2.16. The molecular formula is C14H20N3O3+. The lowest BCUT2D eigenvalue weighted by atomic mass is 10.1. The van der Waals surface area contributed by atoms with E-state index in [-0.39, 0.29) is 6.10 Å². The number of ether oxygens (including phenoxy) is 1. The van der Waals surface area contributed by atoms with Crippen LogP contribution in [0.2, 0.25) is 0 Å². The molecule has 1 fully saturated rings. The minimum Gasteiger partial charge on any atom is -0.372 e.